The molecule has 1 unspecified atom stereocenters. The highest BCUT2D eigenvalue weighted by Gasteiger charge is 2.22. The van der Waals surface area contributed by atoms with Crippen LogP contribution in [0.15, 0.2) is 54.6 Å². The van der Waals surface area contributed by atoms with Crippen molar-refractivity contribution in [2.75, 3.05) is 18.5 Å². The summed E-state index contributed by atoms with van der Waals surface area (Å²) in [6.07, 6.45) is -0.957. The van der Waals surface area contributed by atoms with Gasteiger partial charge in [-0.3, -0.25) is 14.4 Å². The summed E-state index contributed by atoms with van der Waals surface area (Å²) in [5.41, 5.74) is 1.18. The molecule has 0 aliphatic carbocycles. The molecule has 1 N–H and O–H groups in total. The average Bonchev–Trinajstić information content (AvgIpc) is 2.66. The topological polar surface area (TPSA) is 75.7 Å². The van der Waals surface area contributed by atoms with E-state index >= 15 is 0 Å². The highest BCUT2D eigenvalue weighted by Crippen LogP contribution is 2.13. The standard InChI is InChI=1S/C19H19IN2O4/c1-13(19(25)22(2)14-8-4-3-5-9-14)26-17(23)12-21-18(24)15-10-6-7-11-16(15)20/h3-11,13H,12H2,1-2H3,(H,21,24). The first-order valence-corrected chi connectivity index (χ1v) is 9.03. The number of esters is 1. The molecule has 2 aromatic rings. The van der Waals surface area contributed by atoms with E-state index in [4.69, 9.17) is 4.74 Å². The predicted octanol–water partition coefficient (Wildman–Crippen LogP) is 2.62. The lowest BCUT2D eigenvalue weighted by Crippen LogP contribution is -2.39. The Balaban J connectivity index is 1.86. The number of ether oxygens (including phenoxy) is 1. The summed E-state index contributed by atoms with van der Waals surface area (Å²) in [6.45, 7) is 1.19. The van der Waals surface area contributed by atoms with Gasteiger partial charge < -0.3 is 15.0 Å². The summed E-state index contributed by atoms with van der Waals surface area (Å²) in [5.74, 6) is -1.40. The number of carbonyl (C=O) groups is 3. The van der Waals surface area contributed by atoms with Crippen molar-refractivity contribution < 1.29 is 19.1 Å². The Kier molecular flexibility index (Phi) is 7.14. The van der Waals surface area contributed by atoms with Gasteiger partial charge in [-0.2, -0.15) is 0 Å². The smallest absolute Gasteiger partial charge is 0.326 e. The number of benzene rings is 2. The van der Waals surface area contributed by atoms with Gasteiger partial charge in [0.2, 0.25) is 0 Å². The minimum atomic E-state index is -0.957. The van der Waals surface area contributed by atoms with Crippen molar-refractivity contribution in [1.82, 2.24) is 5.32 Å². The maximum atomic E-state index is 12.3. The molecule has 1 atom stereocenters. The number of carbonyl (C=O) groups excluding carboxylic acids is 3. The highest BCUT2D eigenvalue weighted by atomic mass is 127. The van der Waals surface area contributed by atoms with Crippen LogP contribution in [0.4, 0.5) is 5.69 Å². The number of para-hydroxylation sites is 1. The number of nitrogens with one attached hydrogen (secondary N) is 1. The molecule has 0 bridgehead atoms. The second-order valence-electron chi connectivity index (χ2n) is 5.53. The molecular weight excluding hydrogens is 447 g/mol. The number of amides is 2. The van der Waals surface area contributed by atoms with Crippen molar-refractivity contribution in [3.8, 4) is 0 Å². The fourth-order valence-electron chi connectivity index (χ4n) is 2.23. The first-order valence-electron chi connectivity index (χ1n) is 7.95. The normalized spacial score (nSPS) is 11.3. The molecular formula is C19H19IN2O4. The Hall–Kier alpha value is -2.42. The molecule has 0 fully saturated rings. The van der Waals surface area contributed by atoms with E-state index in [1.54, 1.807) is 37.4 Å². The van der Waals surface area contributed by atoms with Crippen LogP contribution >= 0.6 is 22.6 Å². The summed E-state index contributed by atoms with van der Waals surface area (Å²) in [5, 5.41) is 2.50. The SMILES string of the molecule is CC(OC(=O)CNC(=O)c1ccccc1I)C(=O)N(C)c1ccccc1. The molecule has 0 saturated heterocycles. The van der Waals surface area contributed by atoms with Gasteiger partial charge in [-0.1, -0.05) is 30.3 Å². The number of rotatable bonds is 6. The van der Waals surface area contributed by atoms with E-state index in [2.05, 4.69) is 5.32 Å². The average molecular weight is 466 g/mol. The molecule has 0 aromatic heterocycles. The molecule has 0 aliphatic rings. The Labute approximate surface area is 165 Å². The van der Waals surface area contributed by atoms with Crippen molar-refractivity contribution in [2.45, 2.75) is 13.0 Å². The van der Waals surface area contributed by atoms with E-state index in [9.17, 15) is 14.4 Å². The van der Waals surface area contributed by atoms with Crippen LogP contribution in [-0.2, 0) is 14.3 Å². The summed E-state index contributed by atoms with van der Waals surface area (Å²) in [6, 6.07) is 16.1. The van der Waals surface area contributed by atoms with E-state index in [0.717, 1.165) is 3.57 Å². The van der Waals surface area contributed by atoms with Gasteiger partial charge >= 0.3 is 5.97 Å². The maximum Gasteiger partial charge on any atom is 0.326 e. The molecule has 7 heteroatoms. The summed E-state index contributed by atoms with van der Waals surface area (Å²) < 4.78 is 5.91. The first kappa shape index (κ1) is 19.9. The van der Waals surface area contributed by atoms with Crippen LogP contribution in [0.3, 0.4) is 0 Å². The van der Waals surface area contributed by atoms with Gasteiger partial charge in [0, 0.05) is 16.3 Å². The lowest BCUT2D eigenvalue weighted by Gasteiger charge is -2.21. The Morgan fingerprint density at radius 3 is 2.35 bits per heavy atom. The zero-order valence-electron chi connectivity index (χ0n) is 14.4. The van der Waals surface area contributed by atoms with Gasteiger partial charge in [0.1, 0.15) is 6.54 Å². The van der Waals surface area contributed by atoms with Crippen LogP contribution in [0, 0.1) is 3.57 Å². The number of anilines is 1. The first-order chi connectivity index (χ1) is 12.4. The van der Waals surface area contributed by atoms with Gasteiger partial charge in [-0.15, -0.1) is 0 Å². The molecule has 136 valence electrons. The van der Waals surface area contributed by atoms with Gasteiger partial charge in [-0.25, -0.2) is 0 Å². The van der Waals surface area contributed by atoms with Crippen LogP contribution in [0.25, 0.3) is 0 Å². The number of hydrogen-bond acceptors (Lipinski definition) is 4. The zero-order chi connectivity index (χ0) is 19.1. The van der Waals surface area contributed by atoms with E-state index in [1.165, 1.54) is 11.8 Å². The Morgan fingerprint density at radius 2 is 1.69 bits per heavy atom. The predicted molar refractivity (Wildman–Crippen MR) is 107 cm³/mol. The number of hydrogen-bond donors (Lipinski definition) is 1. The van der Waals surface area contributed by atoms with E-state index in [-0.39, 0.29) is 18.4 Å². The van der Waals surface area contributed by atoms with Crippen molar-refractivity contribution in [3.63, 3.8) is 0 Å². The monoisotopic (exact) mass is 466 g/mol. The van der Waals surface area contributed by atoms with Gasteiger partial charge in [-0.05, 0) is 53.8 Å². The molecule has 0 heterocycles. The van der Waals surface area contributed by atoms with Crippen LogP contribution in [0.2, 0.25) is 0 Å². The van der Waals surface area contributed by atoms with Crippen molar-refractivity contribution in [1.29, 1.82) is 0 Å². The minimum absolute atomic E-state index is 0.309. The largest absolute Gasteiger partial charge is 0.451 e. The fourth-order valence-corrected chi connectivity index (χ4v) is 2.87. The molecule has 6 nitrogen and oxygen atoms in total. The van der Waals surface area contributed by atoms with Crippen molar-refractivity contribution in [3.05, 3.63) is 63.7 Å². The molecule has 0 saturated carbocycles. The highest BCUT2D eigenvalue weighted by molar-refractivity contribution is 14.1. The molecule has 0 aliphatic heterocycles. The lowest BCUT2D eigenvalue weighted by atomic mass is 10.2. The fraction of sp³-hybridized carbons (Fsp3) is 0.211. The zero-order valence-corrected chi connectivity index (χ0v) is 16.6. The second kappa shape index (κ2) is 9.33. The van der Waals surface area contributed by atoms with Crippen LogP contribution in [0.1, 0.15) is 17.3 Å². The Bertz CT molecular complexity index is 795. The number of likely N-dealkylation sites (N-methyl/N-ethyl adjacent to an activating group) is 1. The quantitative estimate of drug-likeness (QED) is 0.525. The maximum absolute atomic E-state index is 12.3. The molecule has 2 amide bonds. The van der Waals surface area contributed by atoms with Gasteiger partial charge in [0.05, 0.1) is 5.56 Å². The van der Waals surface area contributed by atoms with Crippen LogP contribution < -0.4 is 10.2 Å². The summed E-state index contributed by atoms with van der Waals surface area (Å²) in [7, 11) is 1.61. The van der Waals surface area contributed by atoms with E-state index in [0.29, 0.717) is 11.3 Å². The third-order valence-electron chi connectivity index (χ3n) is 3.64. The van der Waals surface area contributed by atoms with Crippen molar-refractivity contribution in [2.24, 2.45) is 0 Å². The third kappa shape index (κ3) is 5.29. The van der Waals surface area contributed by atoms with Gasteiger partial charge in [0.25, 0.3) is 11.8 Å². The molecule has 0 radical (unpaired) electrons. The third-order valence-corrected chi connectivity index (χ3v) is 4.58. The van der Waals surface area contributed by atoms with E-state index < -0.39 is 12.1 Å². The van der Waals surface area contributed by atoms with Crippen LogP contribution in [0.5, 0.6) is 0 Å². The number of nitrogens with zero attached hydrogens (tertiary/aromatic N) is 1. The Morgan fingerprint density at radius 1 is 1.08 bits per heavy atom. The second-order valence-corrected chi connectivity index (χ2v) is 6.69. The van der Waals surface area contributed by atoms with Crippen LogP contribution in [-0.4, -0.2) is 37.5 Å². The molecule has 2 rings (SSSR count). The molecule has 26 heavy (non-hydrogen) atoms. The molecule has 2 aromatic carbocycles. The molecule has 0 spiro atoms. The number of halogens is 1. The lowest BCUT2D eigenvalue weighted by molar-refractivity contribution is -0.152. The summed E-state index contributed by atoms with van der Waals surface area (Å²) in [4.78, 5) is 37.8. The summed E-state index contributed by atoms with van der Waals surface area (Å²) >= 11 is 2.05. The minimum Gasteiger partial charge on any atom is -0.451 e. The van der Waals surface area contributed by atoms with Crippen molar-refractivity contribution >= 4 is 46.1 Å². The van der Waals surface area contributed by atoms with Gasteiger partial charge in [0.15, 0.2) is 6.10 Å². The van der Waals surface area contributed by atoms with E-state index in [1.807, 2.05) is 46.9 Å².